The van der Waals surface area contributed by atoms with Gasteiger partial charge in [-0.15, -0.1) is 0 Å². The summed E-state index contributed by atoms with van der Waals surface area (Å²) in [5.41, 5.74) is 0.965. The summed E-state index contributed by atoms with van der Waals surface area (Å²) in [5, 5.41) is 9.41. The fraction of sp³-hybridized carbons (Fsp3) is 0.714. The number of aromatic nitrogens is 2. The Morgan fingerprint density at radius 1 is 1.15 bits per heavy atom. The molecule has 2 atom stereocenters. The summed E-state index contributed by atoms with van der Waals surface area (Å²) in [6.07, 6.45) is 5.33. The lowest BCUT2D eigenvalue weighted by Crippen LogP contribution is -2.31. The van der Waals surface area contributed by atoms with Crippen LogP contribution < -0.4 is 4.90 Å². The first-order valence-corrected chi connectivity index (χ1v) is 7.33. The lowest BCUT2D eigenvalue weighted by atomic mass is 10.1. The minimum Gasteiger partial charge on any atom is -0.389 e. The molecule has 20 heavy (non-hydrogen) atoms. The number of β-amino-alcohol motifs (C(OH)–C–C–N with tert-alkyl or cyclic N) is 1. The van der Waals surface area contributed by atoms with Crippen LogP contribution in [0.3, 0.4) is 0 Å². The van der Waals surface area contributed by atoms with Gasteiger partial charge in [0, 0.05) is 50.7 Å². The predicted molar refractivity (Wildman–Crippen MR) is 74.3 cm³/mol. The van der Waals surface area contributed by atoms with E-state index in [0.29, 0.717) is 13.1 Å². The smallest absolute Gasteiger partial charge is 0.225 e. The zero-order valence-electron chi connectivity index (χ0n) is 11.6. The Labute approximate surface area is 118 Å². The molecule has 0 bridgehead atoms. The van der Waals surface area contributed by atoms with Crippen molar-refractivity contribution < 1.29 is 9.50 Å². The average molecular weight is 280 g/mol. The first-order chi connectivity index (χ1) is 9.72. The van der Waals surface area contributed by atoms with Crippen molar-refractivity contribution in [3.63, 3.8) is 0 Å². The molecular weight excluding hydrogens is 259 g/mol. The van der Waals surface area contributed by atoms with Crippen LogP contribution in [0.4, 0.5) is 10.3 Å². The maximum absolute atomic E-state index is 13.2. The topological polar surface area (TPSA) is 52.5 Å². The van der Waals surface area contributed by atoms with Crippen LogP contribution in [-0.2, 0) is 6.54 Å². The number of hydrogen-bond acceptors (Lipinski definition) is 5. The SMILES string of the molecule is O[C@@H]1CN(Cc2cnc(N3CCCCC3)nc2)C[C@H]1F. The highest BCUT2D eigenvalue weighted by Gasteiger charge is 2.30. The first kappa shape index (κ1) is 13.7. The quantitative estimate of drug-likeness (QED) is 0.894. The molecule has 3 heterocycles. The van der Waals surface area contributed by atoms with E-state index in [4.69, 9.17) is 0 Å². The lowest BCUT2D eigenvalue weighted by molar-refractivity contribution is 0.115. The second-order valence-corrected chi connectivity index (χ2v) is 5.72. The minimum absolute atomic E-state index is 0.287. The van der Waals surface area contributed by atoms with Crippen LogP contribution >= 0.6 is 0 Å². The fourth-order valence-corrected chi connectivity index (χ4v) is 2.90. The Balaban J connectivity index is 1.58. The van der Waals surface area contributed by atoms with Gasteiger partial charge in [0.25, 0.3) is 0 Å². The van der Waals surface area contributed by atoms with Gasteiger partial charge in [-0.2, -0.15) is 0 Å². The third-order valence-electron chi connectivity index (χ3n) is 4.03. The highest BCUT2D eigenvalue weighted by Crippen LogP contribution is 2.18. The fourth-order valence-electron chi connectivity index (χ4n) is 2.90. The highest BCUT2D eigenvalue weighted by atomic mass is 19.1. The van der Waals surface area contributed by atoms with Gasteiger partial charge < -0.3 is 10.0 Å². The number of hydrogen-bond donors (Lipinski definition) is 1. The summed E-state index contributed by atoms with van der Waals surface area (Å²) in [6, 6.07) is 0. The zero-order chi connectivity index (χ0) is 13.9. The number of halogens is 1. The molecule has 0 unspecified atom stereocenters. The largest absolute Gasteiger partial charge is 0.389 e. The molecule has 0 aromatic carbocycles. The zero-order valence-corrected chi connectivity index (χ0v) is 11.6. The maximum Gasteiger partial charge on any atom is 0.225 e. The van der Waals surface area contributed by atoms with Gasteiger partial charge in [0.2, 0.25) is 5.95 Å². The van der Waals surface area contributed by atoms with Crippen molar-refractivity contribution in [2.24, 2.45) is 0 Å². The van der Waals surface area contributed by atoms with Gasteiger partial charge in [0.1, 0.15) is 6.17 Å². The van der Waals surface area contributed by atoms with Crippen molar-refractivity contribution >= 4 is 5.95 Å². The Morgan fingerprint density at radius 3 is 2.45 bits per heavy atom. The molecule has 5 nitrogen and oxygen atoms in total. The van der Waals surface area contributed by atoms with Gasteiger partial charge in [0.05, 0.1) is 6.10 Å². The normalized spacial score (nSPS) is 28.0. The number of alkyl halides is 1. The molecule has 1 aromatic heterocycles. The number of piperidine rings is 1. The Morgan fingerprint density at radius 2 is 1.85 bits per heavy atom. The molecule has 2 aliphatic rings. The Bertz CT molecular complexity index is 425. The van der Waals surface area contributed by atoms with E-state index in [2.05, 4.69) is 14.9 Å². The second kappa shape index (κ2) is 6.01. The lowest BCUT2D eigenvalue weighted by Gasteiger charge is -2.26. The molecular formula is C14H21FN4O. The van der Waals surface area contributed by atoms with E-state index in [1.807, 2.05) is 17.3 Å². The number of aliphatic hydroxyl groups is 1. The van der Waals surface area contributed by atoms with Crippen molar-refractivity contribution in [3.8, 4) is 0 Å². The van der Waals surface area contributed by atoms with Crippen LogP contribution in [0.25, 0.3) is 0 Å². The summed E-state index contributed by atoms with van der Waals surface area (Å²) in [5.74, 6) is 0.790. The molecule has 2 fully saturated rings. The monoisotopic (exact) mass is 280 g/mol. The van der Waals surface area contributed by atoms with E-state index in [9.17, 15) is 9.50 Å². The number of anilines is 1. The van der Waals surface area contributed by atoms with E-state index < -0.39 is 12.3 Å². The summed E-state index contributed by atoms with van der Waals surface area (Å²) in [6.45, 7) is 3.32. The number of likely N-dealkylation sites (tertiary alicyclic amines) is 1. The highest BCUT2D eigenvalue weighted by molar-refractivity contribution is 5.30. The molecule has 0 amide bonds. The third kappa shape index (κ3) is 3.07. The van der Waals surface area contributed by atoms with Gasteiger partial charge >= 0.3 is 0 Å². The van der Waals surface area contributed by atoms with E-state index in [-0.39, 0.29) is 6.54 Å². The van der Waals surface area contributed by atoms with Crippen LogP contribution in [0.5, 0.6) is 0 Å². The third-order valence-corrected chi connectivity index (χ3v) is 4.03. The van der Waals surface area contributed by atoms with Crippen molar-refractivity contribution in [2.45, 2.75) is 38.1 Å². The summed E-state index contributed by atoms with van der Waals surface area (Å²) in [4.78, 5) is 12.9. The molecule has 2 saturated heterocycles. The molecule has 3 rings (SSSR count). The Hall–Kier alpha value is -1.27. The average Bonchev–Trinajstić information content (AvgIpc) is 2.79. The predicted octanol–water partition coefficient (Wildman–Crippen LogP) is 0.981. The standard InChI is InChI=1S/C14H21FN4O/c15-12-9-18(10-13(12)20)8-11-6-16-14(17-7-11)19-4-2-1-3-5-19/h6-7,12-13,20H,1-5,8-10H2/t12-,13-/m1/s1. The first-order valence-electron chi connectivity index (χ1n) is 7.33. The molecule has 1 aromatic rings. The molecule has 0 aliphatic carbocycles. The van der Waals surface area contributed by atoms with Gasteiger partial charge in [-0.3, -0.25) is 4.90 Å². The molecule has 0 saturated carbocycles. The molecule has 110 valence electrons. The molecule has 2 aliphatic heterocycles. The van der Waals surface area contributed by atoms with Gasteiger partial charge in [-0.25, -0.2) is 14.4 Å². The molecule has 1 N–H and O–H groups in total. The van der Waals surface area contributed by atoms with Gasteiger partial charge in [0.15, 0.2) is 0 Å². The van der Waals surface area contributed by atoms with Crippen molar-refractivity contribution in [1.82, 2.24) is 14.9 Å². The van der Waals surface area contributed by atoms with Crippen molar-refractivity contribution in [2.75, 3.05) is 31.1 Å². The van der Waals surface area contributed by atoms with Gasteiger partial charge in [-0.1, -0.05) is 0 Å². The van der Waals surface area contributed by atoms with Crippen LogP contribution in [0.2, 0.25) is 0 Å². The van der Waals surface area contributed by atoms with Crippen LogP contribution in [0.15, 0.2) is 12.4 Å². The van der Waals surface area contributed by atoms with E-state index in [1.165, 1.54) is 19.3 Å². The molecule has 0 spiro atoms. The van der Waals surface area contributed by atoms with E-state index in [0.717, 1.165) is 24.6 Å². The number of rotatable bonds is 3. The van der Waals surface area contributed by atoms with Crippen molar-refractivity contribution in [1.29, 1.82) is 0 Å². The molecule has 6 heteroatoms. The van der Waals surface area contributed by atoms with E-state index >= 15 is 0 Å². The molecule has 0 radical (unpaired) electrons. The van der Waals surface area contributed by atoms with Crippen molar-refractivity contribution in [3.05, 3.63) is 18.0 Å². The van der Waals surface area contributed by atoms with Crippen LogP contribution in [0, 0.1) is 0 Å². The number of nitrogens with zero attached hydrogens (tertiary/aromatic N) is 4. The Kier molecular flexibility index (Phi) is 4.12. The summed E-state index contributed by atoms with van der Waals surface area (Å²) >= 11 is 0. The van der Waals surface area contributed by atoms with E-state index in [1.54, 1.807) is 0 Å². The van der Waals surface area contributed by atoms with Crippen LogP contribution in [0.1, 0.15) is 24.8 Å². The maximum atomic E-state index is 13.2. The summed E-state index contributed by atoms with van der Waals surface area (Å²) in [7, 11) is 0. The summed E-state index contributed by atoms with van der Waals surface area (Å²) < 4.78 is 13.2. The minimum atomic E-state index is -1.14. The second-order valence-electron chi connectivity index (χ2n) is 5.72. The number of aliphatic hydroxyl groups excluding tert-OH is 1. The van der Waals surface area contributed by atoms with Crippen LogP contribution in [-0.4, -0.2) is 58.4 Å². The van der Waals surface area contributed by atoms with Gasteiger partial charge in [-0.05, 0) is 19.3 Å².